The minimum atomic E-state index is -0.367. The van der Waals surface area contributed by atoms with Gasteiger partial charge in [0.25, 0.3) is 11.5 Å². The van der Waals surface area contributed by atoms with Crippen molar-refractivity contribution in [2.75, 3.05) is 44.2 Å². The van der Waals surface area contributed by atoms with E-state index in [4.69, 9.17) is 0 Å². The number of hydrogen-bond donors (Lipinski definition) is 0. The molecule has 2 aromatic heterocycles. The number of rotatable bonds is 3. The van der Waals surface area contributed by atoms with Crippen LogP contribution in [0.15, 0.2) is 10.9 Å². The van der Waals surface area contributed by atoms with Crippen LogP contribution >= 0.6 is 11.3 Å². The zero-order valence-electron chi connectivity index (χ0n) is 16.8. The van der Waals surface area contributed by atoms with E-state index >= 15 is 0 Å². The molecule has 3 fully saturated rings. The summed E-state index contributed by atoms with van der Waals surface area (Å²) in [6.07, 6.45) is 8.24. The van der Waals surface area contributed by atoms with Gasteiger partial charge in [-0.3, -0.25) is 9.59 Å². The molecule has 9 heteroatoms. The van der Waals surface area contributed by atoms with Crippen LogP contribution in [0, 0.1) is 0 Å². The van der Waals surface area contributed by atoms with Gasteiger partial charge in [-0.25, -0.2) is 0 Å². The first-order chi connectivity index (χ1) is 14.2. The fourth-order valence-electron chi connectivity index (χ4n) is 4.87. The Labute approximate surface area is 174 Å². The van der Waals surface area contributed by atoms with Crippen molar-refractivity contribution in [3.63, 3.8) is 0 Å². The van der Waals surface area contributed by atoms with Crippen LogP contribution in [0.4, 0.5) is 5.13 Å². The van der Waals surface area contributed by atoms with Crippen molar-refractivity contribution in [2.24, 2.45) is 0 Å². The summed E-state index contributed by atoms with van der Waals surface area (Å²) >= 11 is 1.40. The summed E-state index contributed by atoms with van der Waals surface area (Å²) in [5, 5.41) is 5.49. The Balaban J connectivity index is 1.34. The lowest BCUT2D eigenvalue weighted by Gasteiger charge is -2.40. The van der Waals surface area contributed by atoms with Crippen LogP contribution in [0.1, 0.15) is 55.4 Å². The van der Waals surface area contributed by atoms with Crippen LogP contribution < -0.4 is 10.5 Å². The number of amides is 1. The average molecular weight is 417 g/mol. The van der Waals surface area contributed by atoms with E-state index < -0.39 is 0 Å². The van der Waals surface area contributed by atoms with E-state index in [2.05, 4.69) is 19.9 Å². The predicted molar refractivity (Wildman–Crippen MR) is 113 cm³/mol. The second kappa shape index (κ2) is 8.02. The molecule has 1 amide bonds. The molecule has 3 saturated heterocycles. The summed E-state index contributed by atoms with van der Waals surface area (Å²) in [5.74, 6) is -0.102. The van der Waals surface area contributed by atoms with E-state index in [9.17, 15) is 9.59 Å². The summed E-state index contributed by atoms with van der Waals surface area (Å²) in [5.41, 5.74) is -0.0219. The van der Waals surface area contributed by atoms with Crippen molar-refractivity contribution in [3.05, 3.63) is 22.1 Å². The van der Waals surface area contributed by atoms with E-state index in [1.807, 2.05) is 4.90 Å². The summed E-state index contributed by atoms with van der Waals surface area (Å²) in [4.78, 5) is 36.7. The summed E-state index contributed by atoms with van der Waals surface area (Å²) < 4.78 is 1.58. The number of piperidine rings is 2. The quantitative estimate of drug-likeness (QED) is 0.760. The fourth-order valence-corrected chi connectivity index (χ4v) is 5.83. The molecule has 0 atom stereocenters. The van der Waals surface area contributed by atoms with E-state index in [1.54, 1.807) is 4.52 Å². The minimum Gasteiger partial charge on any atom is -0.347 e. The van der Waals surface area contributed by atoms with Crippen molar-refractivity contribution in [3.8, 4) is 0 Å². The molecule has 2 aromatic rings. The lowest BCUT2D eigenvalue weighted by atomic mass is 9.99. The average Bonchev–Trinajstić information content (AvgIpc) is 3.43. The Morgan fingerprint density at radius 3 is 2.38 bits per heavy atom. The van der Waals surface area contributed by atoms with Gasteiger partial charge in [0.15, 0.2) is 0 Å². The zero-order chi connectivity index (χ0) is 19.8. The third-order valence-corrected chi connectivity index (χ3v) is 7.47. The lowest BCUT2D eigenvalue weighted by Crippen LogP contribution is -2.48. The number of hydrogen-bond acceptors (Lipinski definition) is 7. The number of carbonyl (C=O) groups excluding carboxylic acids is 1. The molecule has 3 aliphatic rings. The van der Waals surface area contributed by atoms with Crippen LogP contribution in [0.5, 0.6) is 0 Å². The van der Waals surface area contributed by atoms with Gasteiger partial charge in [-0.1, -0.05) is 17.8 Å². The second-order valence-electron chi connectivity index (χ2n) is 8.37. The van der Waals surface area contributed by atoms with Crippen LogP contribution in [0.25, 0.3) is 4.96 Å². The molecule has 0 saturated carbocycles. The molecule has 0 N–H and O–H groups in total. The van der Waals surface area contributed by atoms with E-state index in [-0.39, 0.29) is 11.5 Å². The van der Waals surface area contributed by atoms with Crippen LogP contribution in [0.2, 0.25) is 0 Å². The van der Waals surface area contributed by atoms with Gasteiger partial charge in [-0.05, 0) is 51.6 Å². The molecule has 0 radical (unpaired) electrons. The fraction of sp³-hybridized carbons (Fsp3) is 0.700. The standard InChI is InChI=1S/C20H28N6O2S/c27-17-14-16(26-19(21-17)29-20(22-26)25-10-4-5-11-25)18(28)24-12-6-15(7-13-24)23-8-2-1-3-9-23/h14-15H,1-13H2. The number of anilines is 1. The molecule has 3 aliphatic heterocycles. The highest BCUT2D eigenvalue weighted by Crippen LogP contribution is 2.26. The molecule has 8 nitrogen and oxygen atoms in total. The highest BCUT2D eigenvalue weighted by Gasteiger charge is 2.30. The van der Waals surface area contributed by atoms with Crippen molar-refractivity contribution in [1.82, 2.24) is 24.4 Å². The van der Waals surface area contributed by atoms with Gasteiger partial charge in [-0.15, -0.1) is 5.10 Å². The SMILES string of the molecule is O=C(c1cc(=O)nc2sc(N3CCCC3)nn12)N1CCC(N2CCCCC2)CC1. The van der Waals surface area contributed by atoms with Gasteiger partial charge in [-0.2, -0.15) is 9.50 Å². The normalized spacial score (nSPS) is 21.9. The van der Waals surface area contributed by atoms with Crippen LogP contribution in [-0.4, -0.2) is 75.6 Å². The molecule has 5 rings (SSSR count). The Bertz CT molecular complexity index is 936. The molecule has 29 heavy (non-hydrogen) atoms. The van der Waals surface area contributed by atoms with Gasteiger partial charge < -0.3 is 14.7 Å². The maximum Gasteiger partial charge on any atom is 0.274 e. The monoisotopic (exact) mass is 416 g/mol. The number of nitrogens with zero attached hydrogens (tertiary/aromatic N) is 6. The highest BCUT2D eigenvalue weighted by atomic mass is 32.1. The Hall–Kier alpha value is -2.00. The van der Waals surface area contributed by atoms with Crippen molar-refractivity contribution in [2.45, 2.75) is 51.0 Å². The summed E-state index contributed by atoms with van der Waals surface area (Å²) in [6.45, 7) is 5.80. The third-order valence-electron chi connectivity index (χ3n) is 6.50. The first kappa shape index (κ1) is 19.0. The molecular weight excluding hydrogens is 388 g/mol. The number of fused-ring (bicyclic) bond motifs is 1. The molecule has 0 aromatic carbocycles. The highest BCUT2D eigenvalue weighted by molar-refractivity contribution is 7.20. The van der Waals surface area contributed by atoms with Gasteiger partial charge in [0.1, 0.15) is 5.69 Å². The van der Waals surface area contributed by atoms with Crippen molar-refractivity contribution < 1.29 is 4.79 Å². The Kier molecular flexibility index (Phi) is 5.26. The zero-order valence-corrected chi connectivity index (χ0v) is 17.6. The smallest absolute Gasteiger partial charge is 0.274 e. The van der Waals surface area contributed by atoms with E-state index in [1.165, 1.54) is 49.8 Å². The Morgan fingerprint density at radius 1 is 0.966 bits per heavy atom. The molecule has 5 heterocycles. The lowest BCUT2D eigenvalue weighted by molar-refractivity contribution is 0.0582. The molecule has 0 spiro atoms. The molecule has 0 bridgehead atoms. The van der Waals surface area contributed by atoms with E-state index in [0.29, 0.717) is 16.7 Å². The number of likely N-dealkylation sites (tertiary alicyclic amines) is 2. The maximum absolute atomic E-state index is 13.3. The first-order valence-electron chi connectivity index (χ1n) is 10.9. The Morgan fingerprint density at radius 2 is 1.66 bits per heavy atom. The van der Waals surface area contributed by atoms with Crippen molar-refractivity contribution in [1.29, 1.82) is 0 Å². The second-order valence-corrected chi connectivity index (χ2v) is 9.31. The summed E-state index contributed by atoms with van der Waals surface area (Å²) in [7, 11) is 0. The van der Waals surface area contributed by atoms with Gasteiger partial charge in [0, 0.05) is 38.3 Å². The third kappa shape index (κ3) is 3.77. The first-order valence-corrected chi connectivity index (χ1v) is 11.7. The number of aromatic nitrogens is 3. The van der Waals surface area contributed by atoms with E-state index in [0.717, 1.165) is 57.0 Å². The van der Waals surface area contributed by atoms with Gasteiger partial charge >= 0.3 is 0 Å². The maximum atomic E-state index is 13.3. The van der Waals surface area contributed by atoms with Crippen LogP contribution in [0.3, 0.4) is 0 Å². The minimum absolute atomic E-state index is 0.102. The molecule has 0 aliphatic carbocycles. The van der Waals surface area contributed by atoms with Gasteiger partial charge in [0.2, 0.25) is 10.1 Å². The molecular formula is C20H28N6O2S. The largest absolute Gasteiger partial charge is 0.347 e. The molecule has 0 unspecified atom stereocenters. The van der Waals surface area contributed by atoms with Crippen LogP contribution in [-0.2, 0) is 0 Å². The predicted octanol–water partition coefficient (Wildman–Crippen LogP) is 1.84. The topological polar surface area (TPSA) is 74.0 Å². The molecule has 156 valence electrons. The van der Waals surface area contributed by atoms with Gasteiger partial charge in [0.05, 0.1) is 0 Å². The number of carbonyl (C=O) groups is 1. The van der Waals surface area contributed by atoms with Crippen molar-refractivity contribution >= 4 is 27.3 Å². The summed E-state index contributed by atoms with van der Waals surface area (Å²) in [6, 6.07) is 1.93.